The van der Waals surface area contributed by atoms with Gasteiger partial charge in [-0.25, -0.2) is 4.98 Å². The summed E-state index contributed by atoms with van der Waals surface area (Å²) in [7, 11) is 1.50. The quantitative estimate of drug-likeness (QED) is 0.508. The van der Waals surface area contributed by atoms with Crippen LogP contribution in [0.2, 0.25) is 5.02 Å². The van der Waals surface area contributed by atoms with Crippen LogP contribution in [-0.4, -0.2) is 16.7 Å². The number of rotatable bonds is 3. The molecule has 0 unspecified atom stereocenters. The number of ether oxygens (including phenoxy) is 1. The number of hydrogen-bond donors (Lipinski definition) is 0. The summed E-state index contributed by atoms with van der Waals surface area (Å²) in [4.78, 5) is 18.3. The number of halogens is 1. The fraction of sp³-hybridized carbons (Fsp3) is 0.0500. The van der Waals surface area contributed by atoms with E-state index in [1.165, 1.54) is 29.3 Å². The summed E-state index contributed by atoms with van der Waals surface area (Å²) in [6, 6.07) is 16.4. The van der Waals surface area contributed by atoms with Crippen molar-refractivity contribution in [2.24, 2.45) is 0 Å². The second-order valence-corrected chi connectivity index (χ2v) is 7.24. The average Bonchev–Trinajstić information content (AvgIpc) is 3.13. The summed E-state index contributed by atoms with van der Waals surface area (Å²) in [5, 5.41) is 9.93. The van der Waals surface area contributed by atoms with Gasteiger partial charge in [0.05, 0.1) is 23.9 Å². The number of benzene rings is 2. The van der Waals surface area contributed by atoms with E-state index >= 15 is 0 Å². The zero-order valence-corrected chi connectivity index (χ0v) is 15.7. The minimum atomic E-state index is -0.181. The van der Waals surface area contributed by atoms with Gasteiger partial charge in [0, 0.05) is 9.90 Å². The first-order chi connectivity index (χ1) is 13.1. The Morgan fingerprint density at radius 2 is 1.96 bits per heavy atom. The van der Waals surface area contributed by atoms with E-state index < -0.39 is 0 Å². The van der Waals surface area contributed by atoms with Crippen LogP contribution in [0.15, 0.2) is 59.7 Å². The zero-order chi connectivity index (χ0) is 19.0. The van der Waals surface area contributed by atoms with E-state index in [9.17, 15) is 10.1 Å². The molecule has 0 aliphatic heterocycles. The van der Waals surface area contributed by atoms with Gasteiger partial charge < -0.3 is 4.74 Å². The molecule has 2 aromatic carbocycles. The van der Waals surface area contributed by atoms with Gasteiger partial charge in [-0.05, 0) is 42.0 Å². The van der Waals surface area contributed by atoms with Crippen molar-refractivity contribution in [3.8, 4) is 27.9 Å². The molecule has 0 saturated heterocycles. The normalized spacial score (nSPS) is 10.7. The van der Waals surface area contributed by atoms with Crippen molar-refractivity contribution in [1.82, 2.24) is 9.55 Å². The van der Waals surface area contributed by atoms with Crippen molar-refractivity contribution >= 4 is 33.2 Å². The highest BCUT2D eigenvalue weighted by atomic mass is 35.5. The predicted octanol–water partition coefficient (Wildman–Crippen LogP) is 4.65. The molecular weight excluding hydrogens is 382 g/mol. The van der Waals surface area contributed by atoms with Crippen LogP contribution in [0.5, 0.6) is 5.75 Å². The van der Waals surface area contributed by atoms with Gasteiger partial charge in [0.2, 0.25) is 0 Å². The minimum absolute atomic E-state index is 0.181. The van der Waals surface area contributed by atoms with Crippen molar-refractivity contribution in [2.45, 2.75) is 0 Å². The molecule has 4 aromatic rings. The summed E-state index contributed by atoms with van der Waals surface area (Å²) in [5.41, 5.74) is 2.35. The monoisotopic (exact) mass is 393 g/mol. The third-order valence-electron chi connectivity index (χ3n) is 4.15. The highest BCUT2D eigenvalue weighted by Crippen LogP contribution is 2.31. The molecule has 0 N–H and O–H groups in total. The summed E-state index contributed by atoms with van der Waals surface area (Å²) < 4.78 is 7.14. The van der Waals surface area contributed by atoms with Crippen molar-refractivity contribution in [3.05, 3.63) is 75.8 Å². The summed E-state index contributed by atoms with van der Waals surface area (Å²) in [6.07, 6.45) is 1.48. The molecule has 4 rings (SSSR count). The molecule has 0 radical (unpaired) electrons. The Morgan fingerprint density at radius 3 is 2.67 bits per heavy atom. The summed E-state index contributed by atoms with van der Waals surface area (Å²) in [5.74, 6) is 0.462. The lowest BCUT2D eigenvalue weighted by molar-refractivity contribution is 0.413. The highest BCUT2D eigenvalue weighted by Gasteiger charge is 2.13. The highest BCUT2D eigenvalue weighted by molar-refractivity contribution is 7.22. The maximum atomic E-state index is 13.0. The van der Waals surface area contributed by atoms with Gasteiger partial charge in [-0.15, -0.1) is 11.3 Å². The fourth-order valence-corrected chi connectivity index (χ4v) is 3.96. The van der Waals surface area contributed by atoms with Crippen LogP contribution in [0.4, 0.5) is 0 Å². The molecule has 2 heterocycles. The van der Waals surface area contributed by atoms with Crippen LogP contribution < -0.4 is 10.3 Å². The van der Waals surface area contributed by atoms with Gasteiger partial charge in [0.1, 0.15) is 22.8 Å². The first kappa shape index (κ1) is 17.3. The number of methoxy groups -OCH3 is 1. The summed E-state index contributed by atoms with van der Waals surface area (Å²) in [6.45, 7) is 0. The second-order valence-electron chi connectivity index (χ2n) is 5.75. The molecule has 0 aliphatic rings. The van der Waals surface area contributed by atoms with Crippen LogP contribution >= 0.6 is 22.9 Å². The number of nitrogens with zero attached hydrogens (tertiary/aromatic N) is 3. The van der Waals surface area contributed by atoms with Gasteiger partial charge >= 0.3 is 0 Å². The third-order valence-corrected chi connectivity index (χ3v) is 5.56. The SMILES string of the molecule is COc1ccc(-n2cnc3cc(-c4ccc(Cl)cc4)sc3c2=O)cc1C#N. The molecule has 0 spiro atoms. The smallest absolute Gasteiger partial charge is 0.275 e. The molecule has 132 valence electrons. The minimum Gasteiger partial charge on any atom is -0.495 e. The van der Waals surface area contributed by atoms with E-state index in [2.05, 4.69) is 11.1 Å². The first-order valence-corrected chi connectivity index (χ1v) is 9.16. The van der Waals surface area contributed by atoms with E-state index in [-0.39, 0.29) is 5.56 Å². The fourth-order valence-electron chi connectivity index (χ4n) is 2.79. The van der Waals surface area contributed by atoms with Crippen LogP contribution in [0.3, 0.4) is 0 Å². The summed E-state index contributed by atoms with van der Waals surface area (Å²) >= 11 is 7.32. The Kier molecular flexibility index (Phi) is 4.40. The Balaban J connectivity index is 1.85. The van der Waals surface area contributed by atoms with E-state index in [0.717, 1.165) is 10.4 Å². The van der Waals surface area contributed by atoms with Gasteiger partial charge in [-0.2, -0.15) is 5.26 Å². The Morgan fingerprint density at radius 1 is 1.19 bits per heavy atom. The van der Waals surface area contributed by atoms with E-state index in [4.69, 9.17) is 16.3 Å². The lowest BCUT2D eigenvalue weighted by Crippen LogP contribution is -2.17. The third kappa shape index (κ3) is 3.08. The lowest BCUT2D eigenvalue weighted by Gasteiger charge is -2.08. The standard InChI is InChI=1S/C20H12ClN3O2S/c1-26-17-7-6-15(8-13(17)10-22)24-11-23-16-9-18(27-19(16)20(24)25)12-2-4-14(21)5-3-12/h2-9,11H,1H3. The molecule has 0 amide bonds. The topological polar surface area (TPSA) is 67.9 Å². The average molecular weight is 394 g/mol. The maximum absolute atomic E-state index is 13.0. The number of fused-ring (bicyclic) bond motifs is 1. The molecular formula is C20H12ClN3O2S. The van der Waals surface area contributed by atoms with E-state index in [1.54, 1.807) is 18.2 Å². The van der Waals surface area contributed by atoms with E-state index in [0.29, 0.717) is 32.2 Å². The molecule has 5 nitrogen and oxygen atoms in total. The van der Waals surface area contributed by atoms with Crippen molar-refractivity contribution in [3.63, 3.8) is 0 Å². The Labute approximate surface area is 163 Å². The van der Waals surface area contributed by atoms with Crippen LogP contribution in [0.25, 0.3) is 26.3 Å². The van der Waals surface area contributed by atoms with Crippen molar-refractivity contribution in [2.75, 3.05) is 7.11 Å². The van der Waals surface area contributed by atoms with Gasteiger partial charge in [-0.3, -0.25) is 9.36 Å². The molecule has 0 atom stereocenters. The van der Waals surface area contributed by atoms with E-state index in [1.807, 2.05) is 30.3 Å². The molecule has 7 heteroatoms. The van der Waals surface area contributed by atoms with Crippen molar-refractivity contribution in [1.29, 1.82) is 5.26 Å². The van der Waals surface area contributed by atoms with Crippen LogP contribution in [-0.2, 0) is 0 Å². The molecule has 27 heavy (non-hydrogen) atoms. The Bertz CT molecular complexity index is 1250. The predicted molar refractivity (Wildman–Crippen MR) is 107 cm³/mol. The van der Waals surface area contributed by atoms with Crippen LogP contribution in [0, 0.1) is 11.3 Å². The van der Waals surface area contributed by atoms with Crippen molar-refractivity contribution < 1.29 is 4.74 Å². The molecule has 0 bridgehead atoms. The molecule has 0 aliphatic carbocycles. The number of thiophene rings is 1. The van der Waals surface area contributed by atoms with Crippen LogP contribution in [0.1, 0.15) is 5.56 Å². The molecule has 0 fully saturated rings. The number of hydrogen-bond acceptors (Lipinski definition) is 5. The molecule has 0 saturated carbocycles. The Hall–Kier alpha value is -3.14. The van der Waals surface area contributed by atoms with Gasteiger partial charge in [0.15, 0.2) is 0 Å². The zero-order valence-electron chi connectivity index (χ0n) is 14.1. The number of nitriles is 1. The maximum Gasteiger partial charge on any atom is 0.275 e. The van der Waals surface area contributed by atoms with Gasteiger partial charge in [-0.1, -0.05) is 23.7 Å². The molecule has 2 aromatic heterocycles. The first-order valence-electron chi connectivity index (χ1n) is 7.96. The lowest BCUT2D eigenvalue weighted by atomic mass is 10.2. The second kappa shape index (κ2) is 6.88. The van der Waals surface area contributed by atoms with Gasteiger partial charge in [0.25, 0.3) is 5.56 Å². The largest absolute Gasteiger partial charge is 0.495 e. The number of aromatic nitrogens is 2.